The Morgan fingerprint density at radius 1 is 1.31 bits per heavy atom. The van der Waals surface area contributed by atoms with E-state index < -0.39 is 0 Å². The van der Waals surface area contributed by atoms with Gasteiger partial charge in [0, 0.05) is 17.5 Å². The molecule has 0 aromatic carbocycles. The minimum Gasteiger partial charge on any atom is -0.253 e. The third-order valence-corrected chi connectivity index (χ3v) is 2.23. The molecular formula is C10H13N3. The maximum absolute atomic E-state index is 4.51. The average molecular weight is 175 g/mol. The summed E-state index contributed by atoms with van der Waals surface area (Å²) in [4.78, 5) is 12.7. The molecule has 1 aliphatic rings. The molecule has 0 amide bonds. The van der Waals surface area contributed by atoms with E-state index in [0.717, 1.165) is 17.8 Å². The molecular weight excluding hydrogens is 162 g/mol. The van der Waals surface area contributed by atoms with Crippen LogP contribution < -0.4 is 0 Å². The van der Waals surface area contributed by atoms with Crippen molar-refractivity contribution >= 4 is 11.4 Å². The van der Waals surface area contributed by atoms with Crippen LogP contribution in [0.2, 0.25) is 0 Å². The van der Waals surface area contributed by atoms with Gasteiger partial charge in [0.15, 0.2) is 0 Å². The second-order valence-electron chi connectivity index (χ2n) is 4.34. The van der Waals surface area contributed by atoms with E-state index in [2.05, 4.69) is 35.7 Å². The quantitative estimate of drug-likeness (QED) is 0.606. The monoisotopic (exact) mass is 175 g/mol. The molecule has 0 fully saturated rings. The molecule has 1 aromatic heterocycles. The van der Waals surface area contributed by atoms with Crippen molar-refractivity contribution in [1.29, 1.82) is 0 Å². The van der Waals surface area contributed by atoms with Gasteiger partial charge in [-0.25, -0.2) is 9.97 Å². The summed E-state index contributed by atoms with van der Waals surface area (Å²) in [6, 6.07) is 0. The van der Waals surface area contributed by atoms with Crippen LogP contribution in [0.1, 0.15) is 26.5 Å². The molecule has 68 valence electrons. The highest BCUT2D eigenvalue weighted by Gasteiger charge is 2.25. The summed E-state index contributed by atoms with van der Waals surface area (Å²) >= 11 is 0. The number of rotatable bonds is 0. The van der Waals surface area contributed by atoms with E-state index in [0.29, 0.717) is 0 Å². The lowest BCUT2D eigenvalue weighted by atomic mass is 9.88. The first-order chi connectivity index (χ1) is 6.07. The van der Waals surface area contributed by atoms with Crippen molar-refractivity contribution in [3.05, 3.63) is 18.2 Å². The van der Waals surface area contributed by atoms with Crippen molar-refractivity contribution in [1.82, 2.24) is 9.97 Å². The summed E-state index contributed by atoms with van der Waals surface area (Å²) in [6.45, 7) is 6.52. The van der Waals surface area contributed by atoms with Gasteiger partial charge >= 0.3 is 0 Å². The summed E-state index contributed by atoms with van der Waals surface area (Å²) < 4.78 is 0. The minimum atomic E-state index is 0.140. The second kappa shape index (κ2) is 2.62. The zero-order valence-corrected chi connectivity index (χ0v) is 8.20. The standard InChI is InChI=1S/C10H13N3/c1-10(2,3)9-4-7-8(13-9)5-11-6-12-7/h5-6H,4H2,1-3H3. The third kappa shape index (κ3) is 1.46. The van der Waals surface area contributed by atoms with Gasteiger partial charge < -0.3 is 0 Å². The fourth-order valence-electron chi connectivity index (χ4n) is 1.35. The number of nitrogens with zero attached hydrogens (tertiary/aromatic N) is 3. The first-order valence-electron chi connectivity index (χ1n) is 4.44. The molecule has 3 heteroatoms. The van der Waals surface area contributed by atoms with Crippen molar-refractivity contribution in [2.75, 3.05) is 0 Å². The fraction of sp³-hybridized carbons (Fsp3) is 0.500. The molecule has 0 atom stereocenters. The molecule has 13 heavy (non-hydrogen) atoms. The lowest BCUT2D eigenvalue weighted by Gasteiger charge is -2.17. The van der Waals surface area contributed by atoms with Crippen LogP contribution in [0.5, 0.6) is 0 Å². The van der Waals surface area contributed by atoms with Crippen molar-refractivity contribution in [2.45, 2.75) is 27.2 Å². The van der Waals surface area contributed by atoms with Crippen molar-refractivity contribution < 1.29 is 0 Å². The highest BCUT2D eigenvalue weighted by molar-refractivity contribution is 5.96. The molecule has 1 aromatic rings. The van der Waals surface area contributed by atoms with Gasteiger partial charge in [0.1, 0.15) is 12.0 Å². The summed E-state index contributed by atoms with van der Waals surface area (Å²) in [5, 5.41) is 0. The van der Waals surface area contributed by atoms with E-state index in [1.165, 1.54) is 5.71 Å². The topological polar surface area (TPSA) is 38.1 Å². The maximum atomic E-state index is 4.51. The Kier molecular flexibility index (Phi) is 1.68. The molecule has 0 bridgehead atoms. The zero-order valence-electron chi connectivity index (χ0n) is 8.20. The van der Waals surface area contributed by atoms with Gasteiger partial charge in [0.2, 0.25) is 0 Å². The van der Waals surface area contributed by atoms with E-state index in [1.807, 2.05) is 0 Å². The first-order valence-corrected chi connectivity index (χ1v) is 4.44. The van der Waals surface area contributed by atoms with E-state index in [4.69, 9.17) is 0 Å². The van der Waals surface area contributed by atoms with Crippen LogP contribution in [-0.2, 0) is 6.42 Å². The highest BCUT2D eigenvalue weighted by atomic mass is 14.9. The summed E-state index contributed by atoms with van der Waals surface area (Å²) in [5.41, 5.74) is 3.33. The second-order valence-corrected chi connectivity index (χ2v) is 4.34. The summed E-state index contributed by atoms with van der Waals surface area (Å²) in [5.74, 6) is 0. The van der Waals surface area contributed by atoms with Gasteiger partial charge in [0.05, 0.1) is 11.9 Å². The number of hydrogen-bond acceptors (Lipinski definition) is 3. The highest BCUT2D eigenvalue weighted by Crippen LogP contribution is 2.30. The van der Waals surface area contributed by atoms with Crippen LogP contribution in [0.25, 0.3) is 0 Å². The van der Waals surface area contributed by atoms with Crippen LogP contribution in [0, 0.1) is 5.41 Å². The van der Waals surface area contributed by atoms with Gasteiger partial charge in [0.25, 0.3) is 0 Å². The molecule has 0 aliphatic carbocycles. The average Bonchev–Trinajstić information content (AvgIpc) is 2.45. The van der Waals surface area contributed by atoms with E-state index in [-0.39, 0.29) is 5.41 Å². The lowest BCUT2D eigenvalue weighted by molar-refractivity contribution is 0.584. The van der Waals surface area contributed by atoms with Gasteiger partial charge in [-0.05, 0) is 0 Å². The lowest BCUT2D eigenvalue weighted by Crippen LogP contribution is -2.20. The van der Waals surface area contributed by atoms with Crippen LogP contribution >= 0.6 is 0 Å². The normalized spacial score (nSPS) is 15.5. The predicted octanol–water partition coefficient (Wildman–Crippen LogP) is 2.15. The van der Waals surface area contributed by atoms with Crippen LogP contribution in [-0.4, -0.2) is 15.7 Å². The number of hydrogen-bond donors (Lipinski definition) is 0. The first kappa shape index (κ1) is 8.35. The third-order valence-electron chi connectivity index (χ3n) is 2.23. The van der Waals surface area contributed by atoms with Crippen LogP contribution in [0.3, 0.4) is 0 Å². The van der Waals surface area contributed by atoms with Crippen molar-refractivity contribution in [3.63, 3.8) is 0 Å². The number of aromatic nitrogens is 2. The minimum absolute atomic E-state index is 0.140. The summed E-state index contributed by atoms with van der Waals surface area (Å²) in [7, 11) is 0. The molecule has 0 radical (unpaired) electrons. The number of fused-ring (bicyclic) bond motifs is 1. The van der Waals surface area contributed by atoms with Gasteiger partial charge in [-0.3, -0.25) is 4.99 Å². The Labute approximate surface area is 77.9 Å². The Bertz CT molecular complexity index is 361. The zero-order chi connectivity index (χ0) is 9.47. The smallest absolute Gasteiger partial charge is 0.115 e. The molecule has 0 saturated heterocycles. The van der Waals surface area contributed by atoms with Crippen LogP contribution in [0.4, 0.5) is 5.69 Å². The SMILES string of the molecule is CC(C)(C)C1=Nc2cncnc2C1. The van der Waals surface area contributed by atoms with Crippen molar-refractivity contribution in [3.8, 4) is 0 Å². The molecule has 0 spiro atoms. The molecule has 0 N–H and O–H groups in total. The molecule has 2 heterocycles. The van der Waals surface area contributed by atoms with E-state index in [1.54, 1.807) is 12.5 Å². The molecule has 0 unspecified atom stereocenters. The number of aliphatic imine (C=N–C) groups is 1. The largest absolute Gasteiger partial charge is 0.253 e. The molecule has 3 nitrogen and oxygen atoms in total. The summed E-state index contributed by atoms with van der Waals surface area (Å²) in [6.07, 6.45) is 4.24. The molecule has 2 rings (SSSR count). The fourth-order valence-corrected chi connectivity index (χ4v) is 1.35. The van der Waals surface area contributed by atoms with Gasteiger partial charge in [-0.1, -0.05) is 20.8 Å². The van der Waals surface area contributed by atoms with E-state index >= 15 is 0 Å². The Morgan fingerprint density at radius 2 is 2.08 bits per heavy atom. The maximum Gasteiger partial charge on any atom is 0.115 e. The molecule has 0 saturated carbocycles. The Balaban J connectivity index is 2.37. The van der Waals surface area contributed by atoms with Gasteiger partial charge in [-0.2, -0.15) is 0 Å². The Morgan fingerprint density at radius 3 is 2.69 bits per heavy atom. The van der Waals surface area contributed by atoms with Gasteiger partial charge in [-0.15, -0.1) is 0 Å². The molecule has 1 aliphatic heterocycles. The Hall–Kier alpha value is -1.25. The van der Waals surface area contributed by atoms with E-state index in [9.17, 15) is 0 Å². The van der Waals surface area contributed by atoms with Crippen molar-refractivity contribution in [2.24, 2.45) is 10.4 Å². The van der Waals surface area contributed by atoms with Crippen LogP contribution in [0.15, 0.2) is 17.5 Å². The predicted molar refractivity (Wildman–Crippen MR) is 52.3 cm³/mol.